The second kappa shape index (κ2) is 5.29. The number of nitrogens with zero attached hydrogens (tertiary/aromatic N) is 2. The molecule has 2 rings (SSSR count). The number of nitrogens with one attached hydrogen (secondary N) is 1. The lowest BCUT2D eigenvalue weighted by molar-refractivity contribution is -0.129. The van der Waals surface area contributed by atoms with Gasteiger partial charge in [0.05, 0.1) is 0 Å². The van der Waals surface area contributed by atoms with Crippen molar-refractivity contribution >= 4 is 17.3 Å². The van der Waals surface area contributed by atoms with E-state index in [9.17, 15) is 4.79 Å². The summed E-state index contributed by atoms with van der Waals surface area (Å²) < 4.78 is 0. The van der Waals surface area contributed by atoms with Crippen LogP contribution >= 0.6 is 0 Å². The summed E-state index contributed by atoms with van der Waals surface area (Å²) in [5, 5.41) is 3.15. The Hall–Kier alpha value is -1.71. The zero-order chi connectivity index (χ0) is 13.1. The molecule has 1 fully saturated rings. The maximum absolute atomic E-state index is 11.3. The van der Waals surface area contributed by atoms with E-state index in [0.717, 1.165) is 31.9 Å². The molecule has 1 N–H and O–H groups in total. The molecule has 1 heterocycles. The standard InChI is InChI=1S/C14H21N3O/c1-11-10-13(15-3)4-5-14(11)17-8-6-16(7-9-17)12(2)18/h4-5,10,15H,6-9H2,1-3H3. The molecule has 1 aromatic carbocycles. The minimum Gasteiger partial charge on any atom is -0.388 e. The molecule has 1 aliphatic rings. The summed E-state index contributed by atoms with van der Waals surface area (Å²) >= 11 is 0. The molecule has 1 aromatic rings. The fourth-order valence-corrected chi connectivity index (χ4v) is 2.43. The summed E-state index contributed by atoms with van der Waals surface area (Å²) in [5.41, 5.74) is 3.69. The molecule has 4 nitrogen and oxygen atoms in total. The molecule has 0 unspecified atom stereocenters. The summed E-state index contributed by atoms with van der Waals surface area (Å²) in [4.78, 5) is 15.6. The summed E-state index contributed by atoms with van der Waals surface area (Å²) in [7, 11) is 1.93. The van der Waals surface area contributed by atoms with Crippen LogP contribution in [0.3, 0.4) is 0 Å². The molecular weight excluding hydrogens is 226 g/mol. The maximum atomic E-state index is 11.3. The number of anilines is 2. The van der Waals surface area contributed by atoms with E-state index in [1.54, 1.807) is 6.92 Å². The number of rotatable bonds is 2. The van der Waals surface area contributed by atoms with Crippen molar-refractivity contribution in [2.24, 2.45) is 0 Å². The van der Waals surface area contributed by atoms with Crippen LogP contribution in [0.1, 0.15) is 12.5 Å². The number of benzene rings is 1. The molecule has 1 saturated heterocycles. The Labute approximate surface area is 109 Å². The van der Waals surface area contributed by atoms with Gasteiger partial charge in [-0.15, -0.1) is 0 Å². The van der Waals surface area contributed by atoms with Crippen LogP contribution in [0.2, 0.25) is 0 Å². The minimum absolute atomic E-state index is 0.178. The van der Waals surface area contributed by atoms with Gasteiger partial charge in [0.25, 0.3) is 0 Å². The lowest BCUT2D eigenvalue weighted by atomic mass is 10.1. The van der Waals surface area contributed by atoms with Crippen LogP contribution in [0, 0.1) is 6.92 Å². The molecule has 0 aliphatic carbocycles. The molecule has 0 aromatic heterocycles. The number of carbonyl (C=O) groups is 1. The first-order valence-corrected chi connectivity index (χ1v) is 6.40. The molecule has 1 amide bonds. The van der Waals surface area contributed by atoms with Gasteiger partial charge >= 0.3 is 0 Å². The highest BCUT2D eigenvalue weighted by molar-refractivity contribution is 5.73. The van der Waals surface area contributed by atoms with E-state index in [1.807, 2.05) is 11.9 Å². The van der Waals surface area contributed by atoms with Crippen molar-refractivity contribution in [3.05, 3.63) is 23.8 Å². The first-order chi connectivity index (χ1) is 8.61. The fourth-order valence-electron chi connectivity index (χ4n) is 2.43. The van der Waals surface area contributed by atoms with Crippen molar-refractivity contribution in [1.29, 1.82) is 0 Å². The number of hydrogen-bond acceptors (Lipinski definition) is 3. The molecule has 98 valence electrons. The minimum atomic E-state index is 0.178. The van der Waals surface area contributed by atoms with Gasteiger partial charge in [-0.05, 0) is 30.7 Å². The van der Waals surface area contributed by atoms with Crippen molar-refractivity contribution in [2.75, 3.05) is 43.4 Å². The van der Waals surface area contributed by atoms with Gasteiger partial charge in [0.15, 0.2) is 0 Å². The van der Waals surface area contributed by atoms with Gasteiger partial charge in [0, 0.05) is 51.5 Å². The van der Waals surface area contributed by atoms with E-state index in [-0.39, 0.29) is 5.91 Å². The number of amides is 1. The predicted octanol–water partition coefficient (Wildman–Crippen LogP) is 1.71. The lowest BCUT2D eigenvalue weighted by Gasteiger charge is -2.36. The van der Waals surface area contributed by atoms with Gasteiger partial charge in [-0.1, -0.05) is 0 Å². The normalized spacial score (nSPS) is 15.7. The highest BCUT2D eigenvalue weighted by Gasteiger charge is 2.19. The zero-order valence-electron chi connectivity index (χ0n) is 11.4. The Kier molecular flexibility index (Phi) is 3.75. The van der Waals surface area contributed by atoms with E-state index in [0.29, 0.717) is 0 Å². The van der Waals surface area contributed by atoms with E-state index in [1.165, 1.54) is 11.3 Å². The predicted molar refractivity (Wildman–Crippen MR) is 75.2 cm³/mol. The van der Waals surface area contributed by atoms with Gasteiger partial charge < -0.3 is 15.1 Å². The van der Waals surface area contributed by atoms with Crippen LogP contribution in [0.4, 0.5) is 11.4 Å². The van der Waals surface area contributed by atoms with Gasteiger partial charge in [-0.3, -0.25) is 4.79 Å². The Morgan fingerprint density at radius 3 is 2.39 bits per heavy atom. The molecule has 0 bridgehead atoms. The SMILES string of the molecule is CNc1ccc(N2CCN(C(C)=O)CC2)c(C)c1. The third kappa shape index (κ3) is 2.58. The molecular formula is C14H21N3O. The largest absolute Gasteiger partial charge is 0.388 e. The Morgan fingerprint density at radius 2 is 1.89 bits per heavy atom. The van der Waals surface area contributed by atoms with Crippen molar-refractivity contribution < 1.29 is 4.79 Å². The number of aryl methyl sites for hydroxylation is 1. The Morgan fingerprint density at radius 1 is 1.22 bits per heavy atom. The highest BCUT2D eigenvalue weighted by Crippen LogP contribution is 2.24. The summed E-state index contributed by atoms with van der Waals surface area (Å²) in [6.45, 7) is 7.25. The monoisotopic (exact) mass is 247 g/mol. The van der Waals surface area contributed by atoms with Crippen molar-refractivity contribution in [1.82, 2.24) is 4.90 Å². The fraction of sp³-hybridized carbons (Fsp3) is 0.500. The second-order valence-electron chi connectivity index (χ2n) is 4.74. The zero-order valence-corrected chi connectivity index (χ0v) is 11.4. The Balaban J connectivity index is 2.07. The van der Waals surface area contributed by atoms with E-state index in [4.69, 9.17) is 0 Å². The third-order valence-electron chi connectivity index (χ3n) is 3.55. The lowest BCUT2D eigenvalue weighted by Crippen LogP contribution is -2.48. The van der Waals surface area contributed by atoms with Crippen molar-refractivity contribution in [2.45, 2.75) is 13.8 Å². The summed E-state index contributed by atoms with van der Waals surface area (Å²) in [5.74, 6) is 0.178. The topological polar surface area (TPSA) is 35.6 Å². The quantitative estimate of drug-likeness (QED) is 0.864. The van der Waals surface area contributed by atoms with Crippen molar-refractivity contribution in [3.63, 3.8) is 0 Å². The van der Waals surface area contributed by atoms with Crippen molar-refractivity contribution in [3.8, 4) is 0 Å². The second-order valence-corrected chi connectivity index (χ2v) is 4.74. The molecule has 0 atom stereocenters. The smallest absolute Gasteiger partial charge is 0.219 e. The van der Waals surface area contributed by atoms with E-state index in [2.05, 4.69) is 35.3 Å². The van der Waals surface area contributed by atoms with Gasteiger partial charge in [0.2, 0.25) is 5.91 Å². The molecule has 0 radical (unpaired) electrons. The van der Waals surface area contributed by atoms with Crippen LogP contribution in [-0.2, 0) is 4.79 Å². The number of carbonyl (C=O) groups excluding carboxylic acids is 1. The van der Waals surface area contributed by atoms with Crippen LogP contribution in [-0.4, -0.2) is 44.0 Å². The molecule has 0 saturated carbocycles. The van der Waals surface area contributed by atoms with E-state index < -0.39 is 0 Å². The average molecular weight is 247 g/mol. The average Bonchev–Trinajstić information content (AvgIpc) is 2.38. The molecule has 0 spiro atoms. The summed E-state index contributed by atoms with van der Waals surface area (Å²) in [6.07, 6.45) is 0. The number of hydrogen-bond donors (Lipinski definition) is 1. The van der Waals surface area contributed by atoms with Crippen LogP contribution in [0.15, 0.2) is 18.2 Å². The third-order valence-corrected chi connectivity index (χ3v) is 3.55. The molecule has 1 aliphatic heterocycles. The van der Waals surface area contributed by atoms with Crippen LogP contribution in [0.25, 0.3) is 0 Å². The van der Waals surface area contributed by atoms with Crippen LogP contribution < -0.4 is 10.2 Å². The van der Waals surface area contributed by atoms with Gasteiger partial charge in [-0.2, -0.15) is 0 Å². The maximum Gasteiger partial charge on any atom is 0.219 e. The molecule has 4 heteroatoms. The molecule has 18 heavy (non-hydrogen) atoms. The van der Waals surface area contributed by atoms with Gasteiger partial charge in [0.1, 0.15) is 0 Å². The first kappa shape index (κ1) is 12.7. The number of piperazine rings is 1. The van der Waals surface area contributed by atoms with E-state index >= 15 is 0 Å². The van der Waals surface area contributed by atoms with Crippen LogP contribution in [0.5, 0.6) is 0 Å². The Bertz CT molecular complexity index is 437. The highest BCUT2D eigenvalue weighted by atomic mass is 16.2. The summed E-state index contributed by atoms with van der Waals surface area (Å²) in [6, 6.07) is 6.41. The first-order valence-electron chi connectivity index (χ1n) is 6.40. The van der Waals surface area contributed by atoms with Gasteiger partial charge in [-0.25, -0.2) is 0 Å².